The molecule has 1 amide bonds. The highest BCUT2D eigenvalue weighted by atomic mass is 32.1. The van der Waals surface area contributed by atoms with Gasteiger partial charge in [0.05, 0.1) is 12.7 Å². The fourth-order valence-corrected chi connectivity index (χ4v) is 3.26. The third kappa shape index (κ3) is 3.88. The number of carbonyl (C=O) groups is 2. The molecule has 0 atom stereocenters. The molecule has 0 radical (unpaired) electrons. The molecule has 8 nitrogen and oxygen atoms in total. The minimum absolute atomic E-state index is 0.151. The first-order chi connectivity index (χ1) is 12.5. The highest BCUT2D eigenvalue weighted by Crippen LogP contribution is 2.19. The molecule has 1 N–H and O–H groups in total. The number of ether oxygens (including phenoxy) is 1. The van der Waals surface area contributed by atoms with Crippen LogP contribution in [0.4, 0.5) is 5.69 Å². The number of benzene rings is 1. The van der Waals surface area contributed by atoms with E-state index in [0.717, 1.165) is 15.8 Å². The summed E-state index contributed by atoms with van der Waals surface area (Å²) in [5.74, 6) is 0.445. The Hall–Kier alpha value is -2.81. The summed E-state index contributed by atoms with van der Waals surface area (Å²) < 4.78 is 6.42. The van der Waals surface area contributed by atoms with Gasteiger partial charge >= 0.3 is 5.97 Å². The van der Waals surface area contributed by atoms with E-state index in [-0.39, 0.29) is 18.2 Å². The molecule has 1 aromatic carbocycles. The van der Waals surface area contributed by atoms with E-state index in [2.05, 4.69) is 25.3 Å². The first-order valence-electron chi connectivity index (χ1n) is 8.17. The number of nitrogens with one attached hydrogen (secondary N) is 1. The maximum Gasteiger partial charge on any atom is 0.337 e. The average Bonchev–Trinajstić information content (AvgIpc) is 3.19. The smallest absolute Gasteiger partial charge is 0.337 e. The molecule has 0 spiro atoms. The van der Waals surface area contributed by atoms with E-state index in [1.54, 1.807) is 28.8 Å². The van der Waals surface area contributed by atoms with Crippen molar-refractivity contribution in [2.75, 3.05) is 12.4 Å². The molecule has 0 saturated carbocycles. The molecule has 0 aliphatic heterocycles. The van der Waals surface area contributed by atoms with Crippen LogP contribution in [-0.4, -0.2) is 38.8 Å². The van der Waals surface area contributed by atoms with Crippen molar-refractivity contribution in [1.29, 1.82) is 0 Å². The monoisotopic (exact) mass is 373 g/mol. The molecule has 3 aromatic rings. The van der Waals surface area contributed by atoms with Crippen LogP contribution < -0.4 is 5.32 Å². The summed E-state index contributed by atoms with van der Waals surface area (Å²) in [6.45, 7) is 4.07. The number of aryl methyl sites for hydroxylation is 1. The molecule has 2 aromatic heterocycles. The second-order valence-corrected chi connectivity index (χ2v) is 7.06. The maximum absolute atomic E-state index is 12.2. The van der Waals surface area contributed by atoms with Gasteiger partial charge in [-0.05, 0) is 18.2 Å². The summed E-state index contributed by atoms with van der Waals surface area (Å²) in [5.41, 5.74) is 0.943. The van der Waals surface area contributed by atoms with Crippen LogP contribution in [-0.2, 0) is 16.0 Å². The summed E-state index contributed by atoms with van der Waals surface area (Å²) in [4.78, 5) is 24.5. The molecular formula is C17H19N5O3S. The van der Waals surface area contributed by atoms with Crippen LogP contribution in [0.5, 0.6) is 0 Å². The number of nitrogens with zero attached hydrogens (tertiary/aromatic N) is 4. The van der Waals surface area contributed by atoms with E-state index in [1.165, 1.54) is 18.4 Å². The highest BCUT2D eigenvalue weighted by Gasteiger charge is 2.15. The van der Waals surface area contributed by atoms with Gasteiger partial charge in [-0.15, -0.1) is 10.2 Å². The molecular weight excluding hydrogens is 354 g/mol. The summed E-state index contributed by atoms with van der Waals surface area (Å²) >= 11 is 1.43. The Balaban J connectivity index is 1.61. The molecule has 2 heterocycles. The van der Waals surface area contributed by atoms with Crippen molar-refractivity contribution in [2.24, 2.45) is 0 Å². The number of anilines is 1. The first kappa shape index (κ1) is 18.0. The molecule has 0 bridgehead atoms. The Morgan fingerprint density at radius 2 is 2.12 bits per heavy atom. The van der Waals surface area contributed by atoms with Crippen molar-refractivity contribution in [2.45, 2.75) is 32.6 Å². The zero-order valence-electron chi connectivity index (χ0n) is 14.7. The van der Waals surface area contributed by atoms with E-state index >= 15 is 0 Å². The van der Waals surface area contributed by atoms with Gasteiger partial charge in [0, 0.05) is 24.4 Å². The zero-order valence-corrected chi connectivity index (χ0v) is 15.5. The fraction of sp³-hybridized carbons (Fsp3) is 0.353. The van der Waals surface area contributed by atoms with Crippen LogP contribution >= 0.6 is 11.3 Å². The normalized spacial score (nSPS) is 11.1. The van der Waals surface area contributed by atoms with Gasteiger partial charge in [-0.25, -0.2) is 4.79 Å². The van der Waals surface area contributed by atoms with Crippen LogP contribution in [0.2, 0.25) is 0 Å². The SMILES string of the molecule is COC(=O)c1cccc(NC(=O)CCc2nn3c(C(C)C)nnc3s2)c1. The number of fused-ring (bicyclic) bond motifs is 1. The standard InChI is InChI=1S/C17H19N5O3S/c1-10(2)15-19-20-17-22(15)21-14(26-17)8-7-13(23)18-12-6-4-5-11(9-12)16(24)25-3/h4-6,9-10H,7-8H2,1-3H3,(H,18,23). The maximum atomic E-state index is 12.2. The van der Waals surface area contributed by atoms with Gasteiger partial charge < -0.3 is 10.1 Å². The number of hydrogen-bond acceptors (Lipinski definition) is 7. The van der Waals surface area contributed by atoms with Crippen molar-refractivity contribution in [3.05, 3.63) is 40.7 Å². The topological polar surface area (TPSA) is 98.5 Å². The quantitative estimate of drug-likeness (QED) is 0.667. The Morgan fingerprint density at radius 1 is 1.31 bits per heavy atom. The van der Waals surface area contributed by atoms with Gasteiger partial charge in [0.1, 0.15) is 5.01 Å². The highest BCUT2D eigenvalue weighted by molar-refractivity contribution is 7.16. The molecule has 0 fully saturated rings. The third-order valence-electron chi connectivity index (χ3n) is 3.71. The van der Waals surface area contributed by atoms with Gasteiger partial charge in [-0.2, -0.15) is 9.61 Å². The lowest BCUT2D eigenvalue weighted by molar-refractivity contribution is -0.116. The van der Waals surface area contributed by atoms with E-state index < -0.39 is 5.97 Å². The average molecular weight is 373 g/mol. The summed E-state index contributed by atoms with van der Waals surface area (Å²) in [7, 11) is 1.32. The van der Waals surface area contributed by atoms with Crippen LogP contribution in [0.3, 0.4) is 0 Å². The minimum Gasteiger partial charge on any atom is -0.465 e. The lowest BCUT2D eigenvalue weighted by Gasteiger charge is -2.06. The number of methoxy groups -OCH3 is 1. The van der Waals surface area contributed by atoms with Crippen molar-refractivity contribution < 1.29 is 14.3 Å². The van der Waals surface area contributed by atoms with Gasteiger partial charge in [0.15, 0.2) is 5.82 Å². The summed E-state index contributed by atoms with van der Waals surface area (Å²) in [6, 6.07) is 6.63. The van der Waals surface area contributed by atoms with Crippen molar-refractivity contribution in [1.82, 2.24) is 19.8 Å². The second-order valence-electron chi connectivity index (χ2n) is 6.02. The zero-order chi connectivity index (χ0) is 18.7. The minimum atomic E-state index is -0.443. The molecule has 0 saturated heterocycles. The number of aromatic nitrogens is 4. The number of rotatable bonds is 6. The van der Waals surface area contributed by atoms with Gasteiger partial charge in [0.2, 0.25) is 10.9 Å². The molecule has 0 aliphatic carbocycles. The molecule has 0 unspecified atom stereocenters. The molecule has 0 aliphatic rings. The number of amides is 1. The number of esters is 1. The van der Waals surface area contributed by atoms with Crippen LogP contribution in [0.15, 0.2) is 24.3 Å². The second kappa shape index (κ2) is 7.61. The van der Waals surface area contributed by atoms with Crippen LogP contribution in [0.25, 0.3) is 4.96 Å². The van der Waals surface area contributed by atoms with E-state index in [9.17, 15) is 9.59 Å². The van der Waals surface area contributed by atoms with E-state index in [4.69, 9.17) is 0 Å². The molecule has 9 heteroatoms. The Morgan fingerprint density at radius 3 is 2.85 bits per heavy atom. The van der Waals surface area contributed by atoms with E-state index in [1.807, 2.05) is 13.8 Å². The van der Waals surface area contributed by atoms with E-state index in [0.29, 0.717) is 17.7 Å². The van der Waals surface area contributed by atoms with Gasteiger partial charge in [-0.3, -0.25) is 4.79 Å². The molecule has 26 heavy (non-hydrogen) atoms. The first-order valence-corrected chi connectivity index (χ1v) is 8.99. The summed E-state index contributed by atoms with van der Waals surface area (Å²) in [6.07, 6.45) is 0.789. The van der Waals surface area contributed by atoms with Crippen molar-refractivity contribution in [3.8, 4) is 0 Å². The third-order valence-corrected chi connectivity index (χ3v) is 4.67. The largest absolute Gasteiger partial charge is 0.465 e. The van der Waals surface area contributed by atoms with Crippen LogP contribution in [0, 0.1) is 0 Å². The lowest BCUT2D eigenvalue weighted by Crippen LogP contribution is -2.13. The predicted molar refractivity (Wildman–Crippen MR) is 97.5 cm³/mol. The summed E-state index contributed by atoms with van der Waals surface area (Å²) in [5, 5.41) is 16.3. The van der Waals surface area contributed by atoms with Gasteiger partial charge in [0.25, 0.3) is 0 Å². The fourth-order valence-electron chi connectivity index (χ4n) is 2.42. The number of hydrogen-bond donors (Lipinski definition) is 1. The molecule has 3 rings (SSSR count). The Labute approximate surface area is 154 Å². The van der Waals surface area contributed by atoms with Crippen LogP contribution in [0.1, 0.15) is 47.4 Å². The van der Waals surface area contributed by atoms with Gasteiger partial charge in [-0.1, -0.05) is 31.3 Å². The van der Waals surface area contributed by atoms with Crippen molar-refractivity contribution >= 4 is 33.9 Å². The Bertz CT molecular complexity index is 947. The predicted octanol–water partition coefficient (Wildman–Crippen LogP) is 2.67. The van der Waals surface area contributed by atoms with Crippen molar-refractivity contribution in [3.63, 3.8) is 0 Å². The lowest BCUT2D eigenvalue weighted by atomic mass is 10.2. The Kier molecular flexibility index (Phi) is 5.27. The molecule has 136 valence electrons. The number of carbonyl (C=O) groups excluding carboxylic acids is 2.